The van der Waals surface area contributed by atoms with Crippen LogP contribution in [-0.2, 0) is 4.52 Å². The summed E-state index contributed by atoms with van der Waals surface area (Å²) in [6, 6.07) is 0. The van der Waals surface area contributed by atoms with Gasteiger partial charge in [-0.25, -0.2) is 4.39 Å². The van der Waals surface area contributed by atoms with E-state index < -0.39 is 29.5 Å². The molecule has 12 heteroatoms. The molecule has 4 nitrogen and oxygen atoms in total. The van der Waals surface area contributed by atoms with E-state index in [1.807, 2.05) is 0 Å². The van der Waals surface area contributed by atoms with Gasteiger partial charge in [-0.3, -0.25) is 0 Å². The molecule has 1 heterocycles. The summed E-state index contributed by atoms with van der Waals surface area (Å²) >= 11 is 0. The molecule has 0 spiro atoms. The largest absolute Gasteiger partial charge is 0.423 e. The first-order chi connectivity index (χ1) is 6.74. The number of halogens is 5. The van der Waals surface area contributed by atoms with Crippen molar-refractivity contribution in [3.8, 4) is 0 Å². The van der Waals surface area contributed by atoms with Crippen molar-refractivity contribution in [2.24, 2.45) is 13.5 Å². The molecular weight excluding hydrogens is 282 g/mol. The van der Waals surface area contributed by atoms with E-state index in [0.717, 1.165) is 0 Å². The first-order valence-electron chi connectivity index (χ1n) is 3.64. The summed E-state index contributed by atoms with van der Waals surface area (Å²) in [5.41, 5.74) is 0. The predicted molar refractivity (Wildman–Crippen MR) is 50.1 cm³/mol. The summed E-state index contributed by atoms with van der Waals surface area (Å²) in [6.07, 6.45) is -1.85. The minimum Gasteiger partial charge on any atom is -0.303 e. The molecule has 1 rings (SSSR count). The van der Waals surface area contributed by atoms with Gasteiger partial charge in [-0.2, -0.15) is 17.4 Å². The highest BCUT2D eigenvalue weighted by Crippen LogP contribution is 2.81. The van der Waals surface area contributed by atoms with Gasteiger partial charge >= 0.3 is 15.6 Å². The molecule has 1 aliphatic rings. The average Bonchev–Trinajstić information content (AvgIpc) is 1.99. The molecular formula is C3H7F5N3OP3. The SMILES string of the molecule is CCOP1(F)=NP(F)(CF)=NP(F)(F)=N1. The molecule has 1 aliphatic heterocycles. The molecule has 0 aromatic heterocycles. The lowest BCUT2D eigenvalue weighted by Gasteiger charge is -2.18. The van der Waals surface area contributed by atoms with Crippen LogP contribution in [0.4, 0.5) is 21.2 Å². The number of hydrogen-bond acceptors (Lipinski definition) is 4. The summed E-state index contributed by atoms with van der Waals surface area (Å²) in [6.45, 7) is 1.01. The zero-order valence-electron chi connectivity index (χ0n) is 7.40. The normalized spacial score (nSPS) is 38.8. The fourth-order valence-electron chi connectivity index (χ4n) is 0.784. The number of alkyl halides is 1. The lowest BCUT2D eigenvalue weighted by molar-refractivity contribution is 0.347. The van der Waals surface area contributed by atoms with Crippen molar-refractivity contribution in [3.05, 3.63) is 0 Å². The third kappa shape index (κ3) is 3.38. The van der Waals surface area contributed by atoms with Gasteiger partial charge in [0.1, 0.15) is 0 Å². The van der Waals surface area contributed by atoms with Crippen molar-refractivity contribution in [1.29, 1.82) is 0 Å². The maximum absolute atomic E-state index is 13.4. The number of hydrogen-bond donors (Lipinski definition) is 0. The average molecular weight is 289 g/mol. The van der Waals surface area contributed by atoms with Gasteiger partial charge in [-0.05, 0) is 6.92 Å². The van der Waals surface area contributed by atoms with Crippen LogP contribution in [0.5, 0.6) is 0 Å². The minimum absolute atomic E-state index is 0.302. The van der Waals surface area contributed by atoms with Crippen molar-refractivity contribution >= 4 is 23.1 Å². The highest BCUT2D eigenvalue weighted by Gasteiger charge is 2.39. The summed E-state index contributed by atoms with van der Waals surface area (Å²) in [4.78, 5) is 0. The Bertz CT molecular complexity index is 415. The van der Waals surface area contributed by atoms with Crippen LogP contribution in [0.25, 0.3) is 0 Å². The third-order valence-electron chi connectivity index (χ3n) is 1.16. The molecule has 90 valence electrons. The van der Waals surface area contributed by atoms with Gasteiger partial charge in [0.2, 0.25) is 0 Å². The zero-order chi connectivity index (χ0) is 11.7. The monoisotopic (exact) mass is 289 g/mol. The standard InChI is InChI=1S/C3H7F5N3OP3/c1-2-12-15(8)10-13(5,3-4)9-14(6,7)11-15/h2-3H2,1H3. The van der Waals surface area contributed by atoms with E-state index in [9.17, 15) is 21.2 Å². The van der Waals surface area contributed by atoms with E-state index >= 15 is 0 Å². The minimum atomic E-state index is -5.49. The predicted octanol–water partition coefficient (Wildman–Crippen LogP) is 5.77. The first-order valence-corrected chi connectivity index (χ1v) is 8.39. The molecule has 0 aromatic rings. The Hall–Kier alpha value is 0.300. The van der Waals surface area contributed by atoms with Crippen LogP contribution >= 0.6 is 23.1 Å². The van der Waals surface area contributed by atoms with Crippen molar-refractivity contribution in [1.82, 2.24) is 0 Å². The first kappa shape index (κ1) is 13.4. The van der Waals surface area contributed by atoms with E-state index in [1.54, 1.807) is 0 Å². The van der Waals surface area contributed by atoms with E-state index in [2.05, 4.69) is 18.1 Å². The maximum Gasteiger partial charge on any atom is 0.423 e. The summed E-state index contributed by atoms with van der Waals surface area (Å²) < 4.78 is 75.8. The number of nitrogens with zero attached hydrogens (tertiary/aromatic N) is 3. The quantitative estimate of drug-likeness (QED) is 0.480. The van der Waals surface area contributed by atoms with Crippen molar-refractivity contribution in [2.45, 2.75) is 6.92 Å². The van der Waals surface area contributed by atoms with E-state index in [1.165, 1.54) is 6.92 Å². The van der Waals surface area contributed by atoms with Gasteiger partial charge in [0, 0.05) is 0 Å². The van der Waals surface area contributed by atoms with Gasteiger partial charge in [-0.15, -0.1) is 12.9 Å². The molecule has 15 heavy (non-hydrogen) atoms. The molecule has 0 bridgehead atoms. The maximum atomic E-state index is 13.4. The second-order valence-corrected chi connectivity index (χ2v) is 8.16. The van der Waals surface area contributed by atoms with Crippen molar-refractivity contribution < 1.29 is 25.7 Å². The highest BCUT2D eigenvalue weighted by atomic mass is 31.3. The molecule has 0 radical (unpaired) electrons. The number of rotatable bonds is 3. The summed E-state index contributed by atoms with van der Waals surface area (Å²) in [7, 11) is -15.0. The van der Waals surface area contributed by atoms with Crippen molar-refractivity contribution in [3.63, 3.8) is 0 Å². The van der Waals surface area contributed by atoms with Crippen molar-refractivity contribution in [2.75, 3.05) is 13.0 Å². The van der Waals surface area contributed by atoms with Gasteiger partial charge in [-0.1, -0.05) is 0 Å². The van der Waals surface area contributed by atoms with Gasteiger partial charge < -0.3 is 4.52 Å². The molecule has 0 aliphatic carbocycles. The van der Waals surface area contributed by atoms with Crippen LogP contribution in [0.1, 0.15) is 6.92 Å². The van der Waals surface area contributed by atoms with Gasteiger partial charge in [0.25, 0.3) is 7.52 Å². The Morgan fingerprint density at radius 2 is 1.67 bits per heavy atom. The van der Waals surface area contributed by atoms with Crippen LogP contribution < -0.4 is 0 Å². The second kappa shape index (κ2) is 4.28. The van der Waals surface area contributed by atoms with Crippen LogP contribution in [0.3, 0.4) is 0 Å². The third-order valence-corrected chi connectivity index (χ3v) is 7.73. The molecule has 0 fully saturated rings. The molecule has 0 saturated heterocycles. The van der Waals surface area contributed by atoms with Gasteiger partial charge in [0.05, 0.1) is 6.61 Å². The van der Waals surface area contributed by atoms with E-state index in [-0.39, 0.29) is 6.61 Å². The fraction of sp³-hybridized carbons (Fsp3) is 1.00. The van der Waals surface area contributed by atoms with Crippen LogP contribution in [0, 0.1) is 0 Å². The molecule has 0 saturated carbocycles. The Morgan fingerprint density at radius 1 is 1.07 bits per heavy atom. The zero-order valence-corrected chi connectivity index (χ0v) is 10.1. The molecule has 0 N–H and O–H groups in total. The van der Waals surface area contributed by atoms with Crippen LogP contribution in [0.15, 0.2) is 13.5 Å². The Labute approximate surface area is 83.1 Å². The molecule has 0 aromatic carbocycles. The Morgan fingerprint density at radius 3 is 2.13 bits per heavy atom. The Kier molecular flexibility index (Phi) is 3.82. The van der Waals surface area contributed by atoms with Crippen LogP contribution in [0.2, 0.25) is 0 Å². The second-order valence-electron chi connectivity index (χ2n) is 2.38. The Balaban J connectivity index is 3.36. The topological polar surface area (TPSA) is 46.3 Å². The molecule has 2 unspecified atom stereocenters. The van der Waals surface area contributed by atoms with E-state index in [0.29, 0.717) is 0 Å². The lowest BCUT2D eigenvalue weighted by atomic mass is 10.9. The van der Waals surface area contributed by atoms with Crippen LogP contribution in [-0.4, -0.2) is 13.0 Å². The smallest absolute Gasteiger partial charge is 0.303 e. The summed E-state index contributed by atoms with van der Waals surface area (Å²) in [5, 5.41) is 0. The van der Waals surface area contributed by atoms with Gasteiger partial charge in [0.15, 0.2) is 6.42 Å². The molecule has 0 amide bonds. The summed E-state index contributed by atoms with van der Waals surface area (Å²) in [5.74, 6) is 0. The fourth-order valence-corrected chi connectivity index (χ4v) is 7.04. The highest BCUT2D eigenvalue weighted by molar-refractivity contribution is 7.79. The molecule has 2 atom stereocenters. The lowest BCUT2D eigenvalue weighted by Crippen LogP contribution is -1.85. The van der Waals surface area contributed by atoms with E-state index in [4.69, 9.17) is 0 Å².